The highest BCUT2D eigenvalue weighted by atomic mass is 16.6. The molecule has 0 saturated carbocycles. The van der Waals surface area contributed by atoms with E-state index >= 15 is 0 Å². The molecule has 2 N–H and O–H groups in total. The molecule has 0 aliphatic carbocycles. The number of rotatable bonds is 6. The molecule has 0 saturated heterocycles. The van der Waals surface area contributed by atoms with Crippen molar-refractivity contribution in [1.29, 1.82) is 0 Å². The summed E-state index contributed by atoms with van der Waals surface area (Å²) in [6, 6.07) is 5.27. The monoisotopic (exact) mass is 279 g/mol. The van der Waals surface area contributed by atoms with Crippen molar-refractivity contribution in [1.82, 2.24) is 5.32 Å². The first kappa shape index (κ1) is 15.6. The lowest BCUT2D eigenvalue weighted by atomic mass is 10.2. The molecule has 0 aliphatic heterocycles. The summed E-state index contributed by atoms with van der Waals surface area (Å²) >= 11 is 0. The predicted molar refractivity (Wildman–Crippen MR) is 74.3 cm³/mol. The van der Waals surface area contributed by atoms with Crippen molar-refractivity contribution in [3.05, 3.63) is 34.4 Å². The second kappa shape index (κ2) is 7.88. The number of carbonyl (C=O) groups excluding carboxylic acids is 2. The van der Waals surface area contributed by atoms with Gasteiger partial charge in [-0.3, -0.25) is 19.7 Å². The van der Waals surface area contributed by atoms with Gasteiger partial charge in [0, 0.05) is 24.4 Å². The van der Waals surface area contributed by atoms with Gasteiger partial charge in [0.25, 0.3) is 5.69 Å². The number of anilines is 1. The SMILES string of the molecule is CCCCCNC(=O)C(=O)Nc1ccc([N+](=O)[O-])cc1. The van der Waals surface area contributed by atoms with Gasteiger partial charge in [-0.1, -0.05) is 19.8 Å². The Kier molecular flexibility index (Phi) is 6.15. The van der Waals surface area contributed by atoms with E-state index in [4.69, 9.17) is 0 Å². The molecule has 108 valence electrons. The quantitative estimate of drug-likeness (QED) is 0.359. The van der Waals surface area contributed by atoms with E-state index in [1.54, 1.807) is 0 Å². The fourth-order valence-electron chi connectivity index (χ4n) is 1.51. The van der Waals surface area contributed by atoms with Crippen LogP contribution in [0.25, 0.3) is 0 Å². The number of hydrogen-bond donors (Lipinski definition) is 2. The third-order valence-electron chi connectivity index (χ3n) is 2.61. The zero-order chi connectivity index (χ0) is 15.0. The minimum absolute atomic E-state index is 0.0768. The van der Waals surface area contributed by atoms with E-state index in [1.165, 1.54) is 24.3 Å². The maximum Gasteiger partial charge on any atom is 0.313 e. The lowest BCUT2D eigenvalue weighted by molar-refractivity contribution is -0.384. The molecular weight excluding hydrogens is 262 g/mol. The van der Waals surface area contributed by atoms with Gasteiger partial charge in [-0.2, -0.15) is 0 Å². The van der Waals surface area contributed by atoms with E-state index in [1.807, 2.05) is 6.92 Å². The highest BCUT2D eigenvalue weighted by molar-refractivity contribution is 6.39. The first-order chi connectivity index (χ1) is 9.54. The van der Waals surface area contributed by atoms with Crippen LogP contribution >= 0.6 is 0 Å². The molecule has 0 heterocycles. The zero-order valence-corrected chi connectivity index (χ0v) is 11.2. The molecule has 7 heteroatoms. The molecule has 2 amide bonds. The maximum atomic E-state index is 11.5. The van der Waals surface area contributed by atoms with E-state index in [-0.39, 0.29) is 5.69 Å². The van der Waals surface area contributed by atoms with E-state index in [2.05, 4.69) is 10.6 Å². The van der Waals surface area contributed by atoms with Gasteiger partial charge >= 0.3 is 11.8 Å². The smallest absolute Gasteiger partial charge is 0.313 e. The van der Waals surface area contributed by atoms with Crippen LogP contribution in [-0.2, 0) is 9.59 Å². The van der Waals surface area contributed by atoms with Gasteiger partial charge in [0.2, 0.25) is 0 Å². The number of nitrogens with zero attached hydrogens (tertiary/aromatic N) is 1. The van der Waals surface area contributed by atoms with Crippen molar-refractivity contribution in [2.24, 2.45) is 0 Å². The highest BCUT2D eigenvalue weighted by Crippen LogP contribution is 2.15. The Morgan fingerprint density at radius 1 is 1.15 bits per heavy atom. The largest absolute Gasteiger partial charge is 0.348 e. The van der Waals surface area contributed by atoms with E-state index in [0.29, 0.717) is 12.2 Å². The van der Waals surface area contributed by atoms with Crippen molar-refractivity contribution >= 4 is 23.2 Å². The van der Waals surface area contributed by atoms with Gasteiger partial charge in [0.1, 0.15) is 0 Å². The van der Waals surface area contributed by atoms with Crippen molar-refractivity contribution < 1.29 is 14.5 Å². The fraction of sp³-hybridized carbons (Fsp3) is 0.385. The Balaban J connectivity index is 2.44. The van der Waals surface area contributed by atoms with Crippen molar-refractivity contribution in [2.45, 2.75) is 26.2 Å². The number of carbonyl (C=O) groups is 2. The summed E-state index contributed by atoms with van der Waals surface area (Å²) in [5.74, 6) is -1.49. The third kappa shape index (κ3) is 5.05. The average molecular weight is 279 g/mol. The minimum Gasteiger partial charge on any atom is -0.348 e. The molecule has 0 radical (unpaired) electrons. The summed E-state index contributed by atoms with van der Waals surface area (Å²) in [7, 11) is 0. The molecule has 0 unspecified atom stereocenters. The van der Waals surface area contributed by atoms with Crippen LogP contribution in [0.2, 0.25) is 0 Å². The summed E-state index contributed by atoms with van der Waals surface area (Å²) in [4.78, 5) is 32.9. The Labute approximate surface area is 116 Å². The van der Waals surface area contributed by atoms with Gasteiger partial charge in [0.15, 0.2) is 0 Å². The molecule has 0 aromatic heterocycles. The Morgan fingerprint density at radius 3 is 2.35 bits per heavy atom. The molecule has 0 bridgehead atoms. The molecule has 1 rings (SSSR count). The molecule has 7 nitrogen and oxygen atoms in total. The van der Waals surface area contributed by atoms with Gasteiger partial charge < -0.3 is 10.6 Å². The number of hydrogen-bond acceptors (Lipinski definition) is 4. The Morgan fingerprint density at radius 2 is 1.80 bits per heavy atom. The number of nitro groups is 1. The van der Waals surface area contributed by atoms with Crippen molar-refractivity contribution in [3.63, 3.8) is 0 Å². The molecule has 0 aliphatic rings. The summed E-state index contributed by atoms with van der Waals surface area (Å²) in [6.45, 7) is 2.50. The average Bonchev–Trinajstić information content (AvgIpc) is 2.44. The van der Waals surface area contributed by atoms with Crippen molar-refractivity contribution in [2.75, 3.05) is 11.9 Å². The summed E-state index contributed by atoms with van der Waals surface area (Å²) in [5, 5.41) is 15.4. The second-order valence-electron chi connectivity index (χ2n) is 4.22. The van der Waals surface area contributed by atoms with Gasteiger partial charge in [-0.25, -0.2) is 0 Å². The normalized spacial score (nSPS) is 9.85. The van der Waals surface area contributed by atoms with Crippen LogP contribution in [0.1, 0.15) is 26.2 Å². The number of benzene rings is 1. The number of nitrogens with one attached hydrogen (secondary N) is 2. The molecule has 20 heavy (non-hydrogen) atoms. The number of non-ortho nitro benzene ring substituents is 1. The molecule has 0 spiro atoms. The first-order valence-corrected chi connectivity index (χ1v) is 6.38. The van der Waals surface area contributed by atoms with Crippen LogP contribution in [0.3, 0.4) is 0 Å². The maximum absolute atomic E-state index is 11.5. The molecule has 1 aromatic rings. The number of amides is 2. The standard InChI is InChI=1S/C13H17N3O4/c1-2-3-4-9-14-12(17)13(18)15-10-5-7-11(8-6-10)16(19)20/h5-8H,2-4,9H2,1H3,(H,14,17)(H,15,18). The number of nitro benzene ring substituents is 1. The molecule has 1 aromatic carbocycles. The molecule has 0 atom stereocenters. The van der Waals surface area contributed by atoms with Crippen LogP contribution in [0, 0.1) is 10.1 Å². The molecular formula is C13H17N3O4. The molecule has 0 fully saturated rings. The van der Waals surface area contributed by atoms with Crippen LogP contribution in [0.4, 0.5) is 11.4 Å². The lowest BCUT2D eigenvalue weighted by Crippen LogP contribution is -2.35. The van der Waals surface area contributed by atoms with E-state index in [9.17, 15) is 19.7 Å². The van der Waals surface area contributed by atoms with Crippen LogP contribution in [0.5, 0.6) is 0 Å². The number of unbranched alkanes of at least 4 members (excludes halogenated alkanes) is 2. The minimum atomic E-state index is -0.782. The van der Waals surface area contributed by atoms with Crippen LogP contribution in [0.15, 0.2) is 24.3 Å². The van der Waals surface area contributed by atoms with Crippen LogP contribution < -0.4 is 10.6 Å². The summed E-state index contributed by atoms with van der Waals surface area (Å²) in [6.07, 6.45) is 2.85. The lowest BCUT2D eigenvalue weighted by Gasteiger charge is -2.06. The second-order valence-corrected chi connectivity index (χ2v) is 4.22. The fourth-order valence-corrected chi connectivity index (χ4v) is 1.51. The van der Waals surface area contributed by atoms with Gasteiger partial charge in [-0.05, 0) is 18.6 Å². The topological polar surface area (TPSA) is 101 Å². The highest BCUT2D eigenvalue weighted by Gasteiger charge is 2.13. The predicted octanol–water partition coefficient (Wildman–Crippen LogP) is 1.84. The Bertz CT molecular complexity index is 485. The van der Waals surface area contributed by atoms with Gasteiger partial charge in [-0.15, -0.1) is 0 Å². The zero-order valence-electron chi connectivity index (χ0n) is 11.2. The Hall–Kier alpha value is -2.44. The third-order valence-corrected chi connectivity index (χ3v) is 2.61. The van der Waals surface area contributed by atoms with E-state index < -0.39 is 16.7 Å². The van der Waals surface area contributed by atoms with Crippen molar-refractivity contribution in [3.8, 4) is 0 Å². The summed E-state index contributed by atoms with van der Waals surface area (Å²) < 4.78 is 0. The van der Waals surface area contributed by atoms with Gasteiger partial charge in [0.05, 0.1) is 4.92 Å². The van der Waals surface area contributed by atoms with Crippen LogP contribution in [-0.4, -0.2) is 23.3 Å². The van der Waals surface area contributed by atoms with E-state index in [0.717, 1.165) is 19.3 Å². The first-order valence-electron chi connectivity index (χ1n) is 6.38. The summed E-state index contributed by atoms with van der Waals surface area (Å²) in [5.41, 5.74) is 0.260.